The standard InChI is InChI=1S/C13H8BrCl2NO/c14-10-6-5-8(7-12(10)16)17-13(18)9-3-1-2-4-11(9)15/h1-7H,(H,17,18). The number of rotatable bonds is 2. The van der Waals surface area contributed by atoms with Gasteiger partial charge in [-0.15, -0.1) is 0 Å². The Kier molecular flexibility index (Phi) is 4.27. The Bertz CT molecular complexity index is 601. The van der Waals surface area contributed by atoms with E-state index in [9.17, 15) is 4.79 Å². The molecule has 0 spiro atoms. The molecule has 0 aliphatic carbocycles. The van der Waals surface area contributed by atoms with Crippen molar-refractivity contribution >= 4 is 50.7 Å². The fourth-order valence-corrected chi connectivity index (χ4v) is 2.07. The van der Waals surface area contributed by atoms with Gasteiger partial charge in [-0.3, -0.25) is 4.79 Å². The van der Waals surface area contributed by atoms with Crippen LogP contribution in [0.4, 0.5) is 5.69 Å². The molecule has 5 heteroatoms. The van der Waals surface area contributed by atoms with Gasteiger partial charge in [-0.2, -0.15) is 0 Å². The van der Waals surface area contributed by atoms with E-state index in [2.05, 4.69) is 21.2 Å². The minimum absolute atomic E-state index is 0.265. The predicted octanol–water partition coefficient (Wildman–Crippen LogP) is 5.01. The second-order valence-corrected chi connectivity index (χ2v) is 5.23. The van der Waals surface area contributed by atoms with Gasteiger partial charge in [-0.25, -0.2) is 0 Å². The van der Waals surface area contributed by atoms with Crippen molar-refractivity contribution < 1.29 is 4.79 Å². The molecule has 2 rings (SSSR count). The Labute approximate surface area is 123 Å². The Balaban J connectivity index is 2.22. The van der Waals surface area contributed by atoms with Crippen LogP contribution in [0.25, 0.3) is 0 Å². The average molecular weight is 345 g/mol. The van der Waals surface area contributed by atoms with Crippen molar-refractivity contribution in [3.63, 3.8) is 0 Å². The fraction of sp³-hybridized carbons (Fsp3) is 0. The van der Waals surface area contributed by atoms with Crippen molar-refractivity contribution in [1.82, 2.24) is 0 Å². The number of amides is 1. The highest BCUT2D eigenvalue weighted by molar-refractivity contribution is 9.10. The van der Waals surface area contributed by atoms with Gasteiger partial charge in [0, 0.05) is 10.2 Å². The zero-order valence-electron chi connectivity index (χ0n) is 9.08. The Morgan fingerprint density at radius 2 is 1.78 bits per heavy atom. The molecule has 0 radical (unpaired) electrons. The topological polar surface area (TPSA) is 29.1 Å². The SMILES string of the molecule is O=C(Nc1ccc(Br)c(Cl)c1)c1ccccc1Cl. The van der Waals surface area contributed by atoms with Gasteiger partial charge >= 0.3 is 0 Å². The number of hydrogen-bond acceptors (Lipinski definition) is 1. The van der Waals surface area contributed by atoms with Gasteiger partial charge in [0.25, 0.3) is 5.91 Å². The summed E-state index contributed by atoms with van der Waals surface area (Å²) in [4.78, 5) is 12.0. The first kappa shape index (κ1) is 13.4. The molecule has 0 fully saturated rings. The molecule has 2 aromatic carbocycles. The third kappa shape index (κ3) is 3.05. The fourth-order valence-electron chi connectivity index (χ4n) is 1.42. The molecule has 0 aliphatic rings. The highest BCUT2D eigenvalue weighted by atomic mass is 79.9. The molecule has 0 saturated carbocycles. The van der Waals surface area contributed by atoms with Crippen molar-refractivity contribution in [3.05, 3.63) is 62.5 Å². The third-order valence-electron chi connectivity index (χ3n) is 2.30. The molecule has 2 aromatic rings. The minimum atomic E-state index is -0.265. The van der Waals surface area contributed by atoms with Crippen molar-refractivity contribution in [1.29, 1.82) is 0 Å². The summed E-state index contributed by atoms with van der Waals surface area (Å²) in [5.41, 5.74) is 1.05. The lowest BCUT2D eigenvalue weighted by Crippen LogP contribution is -2.12. The van der Waals surface area contributed by atoms with Crippen molar-refractivity contribution in [2.45, 2.75) is 0 Å². The summed E-state index contributed by atoms with van der Waals surface area (Å²) in [6.07, 6.45) is 0. The molecule has 0 unspecified atom stereocenters. The summed E-state index contributed by atoms with van der Waals surface area (Å²) in [5.74, 6) is -0.265. The normalized spacial score (nSPS) is 10.2. The zero-order valence-corrected chi connectivity index (χ0v) is 12.2. The summed E-state index contributed by atoms with van der Waals surface area (Å²) in [5, 5.41) is 3.69. The molecule has 18 heavy (non-hydrogen) atoms. The zero-order chi connectivity index (χ0) is 13.1. The summed E-state index contributed by atoms with van der Waals surface area (Å²) in [6.45, 7) is 0. The number of carbonyl (C=O) groups excluding carboxylic acids is 1. The Morgan fingerprint density at radius 3 is 2.44 bits per heavy atom. The van der Waals surface area contributed by atoms with Gasteiger partial charge in [-0.05, 0) is 46.3 Å². The van der Waals surface area contributed by atoms with Crippen LogP contribution in [-0.2, 0) is 0 Å². The summed E-state index contributed by atoms with van der Waals surface area (Å²) in [7, 11) is 0. The summed E-state index contributed by atoms with van der Waals surface area (Å²) < 4.78 is 0.778. The Morgan fingerprint density at radius 1 is 1.06 bits per heavy atom. The van der Waals surface area contributed by atoms with Gasteiger partial charge < -0.3 is 5.32 Å². The van der Waals surface area contributed by atoms with Crippen LogP contribution in [0.1, 0.15) is 10.4 Å². The van der Waals surface area contributed by atoms with Crippen LogP contribution in [0.5, 0.6) is 0 Å². The Hall–Kier alpha value is -1.03. The van der Waals surface area contributed by atoms with E-state index in [4.69, 9.17) is 23.2 Å². The lowest BCUT2D eigenvalue weighted by atomic mass is 10.2. The molecule has 0 atom stereocenters. The molecule has 0 saturated heterocycles. The second-order valence-electron chi connectivity index (χ2n) is 3.56. The molecule has 0 bridgehead atoms. The maximum absolute atomic E-state index is 12.0. The third-order valence-corrected chi connectivity index (χ3v) is 3.86. The van der Waals surface area contributed by atoms with Gasteiger partial charge in [0.2, 0.25) is 0 Å². The number of hydrogen-bond donors (Lipinski definition) is 1. The van der Waals surface area contributed by atoms with Crippen LogP contribution < -0.4 is 5.32 Å². The van der Waals surface area contributed by atoms with Crippen LogP contribution in [0.2, 0.25) is 10.0 Å². The van der Waals surface area contributed by atoms with Gasteiger partial charge in [0.05, 0.1) is 15.6 Å². The molecule has 0 aliphatic heterocycles. The minimum Gasteiger partial charge on any atom is -0.322 e. The van der Waals surface area contributed by atoms with E-state index < -0.39 is 0 Å². The summed E-state index contributed by atoms with van der Waals surface area (Å²) >= 11 is 15.2. The molecular weight excluding hydrogens is 337 g/mol. The maximum Gasteiger partial charge on any atom is 0.257 e. The first-order chi connectivity index (χ1) is 8.58. The molecule has 1 N–H and O–H groups in total. The quantitative estimate of drug-likeness (QED) is 0.815. The van der Waals surface area contributed by atoms with E-state index in [0.29, 0.717) is 21.3 Å². The molecule has 1 amide bonds. The number of halogens is 3. The van der Waals surface area contributed by atoms with E-state index >= 15 is 0 Å². The number of nitrogens with one attached hydrogen (secondary N) is 1. The van der Waals surface area contributed by atoms with Gasteiger partial charge in [0.15, 0.2) is 0 Å². The van der Waals surface area contributed by atoms with E-state index in [-0.39, 0.29) is 5.91 Å². The monoisotopic (exact) mass is 343 g/mol. The van der Waals surface area contributed by atoms with Crippen molar-refractivity contribution in [2.24, 2.45) is 0 Å². The van der Waals surface area contributed by atoms with Gasteiger partial charge in [0.1, 0.15) is 0 Å². The first-order valence-electron chi connectivity index (χ1n) is 5.09. The predicted molar refractivity (Wildman–Crippen MR) is 78.6 cm³/mol. The largest absolute Gasteiger partial charge is 0.322 e. The highest BCUT2D eigenvalue weighted by Gasteiger charge is 2.10. The molecule has 92 valence electrons. The molecule has 2 nitrogen and oxygen atoms in total. The second kappa shape index (κ2) is 5.74. The molecule has 0 heterocycles. The van der Waals surface area contributed by atoms with Crippen LogP contribution in [0.3, 0.4) is 0 Å². The number of anilines is 1. The van der Waals surface area contributed by atoms with E-state index in [1.807, 2.05) is 0 Å². The molecular formula is C13H8BrCl2NO. The van der Waals surface area contributed by atoms with E-state index in [1.165, 1.54) is 0 Å². The van der Waals surface area contributed by atoms with Crippen LogP contribution >= 0.6 is 39.1 Å². The van der Waals surface area contributed by atoms with Crippen LogP contribution in [0, 0.1) is 0 Å². The smallest absolute Gasteiger partial charge is 0.257 e. The molecule has 0 aromatic heterocycles. The van der Waals surface area contributed by atoms with Gasteiger partial charge in [-0.1, -0.05) is 35.3 Å². The lowest BCUT2D eigenvalue weighted by Gasteiger charge is -2.07. The average Bonchev–Trinajstić information content (AvgIpc) is 2.34. The van der Waals surface area contributed by atoms with Crippen LogP contribution in [0.15, 0.2) is 46.9 Å². The van der Waals surface area contributed by atoms with Crippen molar-refractivity contribution in [3.8, 4) is 0 Å². The maximum atomic E-state index is 12.0. The van der Waals surface area contributed by atoms with E-state index in [1.54, 1.807) is 42.5 Å². The van der Waals surface area contributed by atoms with Crippen molar-refractivity contribution in [2.75, 3.05) is 5.32 Å². The van der Waals surface area contributed by atoms with Crippen LogP contribution in [-0.4, -0.2) is 5.91 Å². The first-order valence-corrected chi connectivity index (χ1v) is 6.64. The number of carbonyl (C=O) groups is 1. The number of benzene rings is 2. The van der Waals surface area contributed by atoms with E-state index in [0.717, 1.165) is 4.47 Å². The lowest BCUT2D eigenvalue weighted by molar-refractivity contribution is 0.102. The highest BCUT2D eigenvalue weighted by Crippen LogP contribution is 2.26. The summed E-state index contributed by atoms with van der Waals surface area (Å²) in [6, 6.07) is 12.1.